The van der Waals surface area contributed by atoms with E-state index in [9.17, 15) is 9.18 Å². The van der Waals surface area contributed by atoms with Crippen molar-refractivity contribution in [1.29, 1.82) is 0 Å². The lowest BCUT2D eigenvalue weighted by atomic mass is 9.98. The van der Waals surface area contributed by atoms with Gasteiger partial charge in [0.2, 0.25) is 5.91 Å². The first kappa shape index (κ1) is 17.0. The summed E-state index contributed by atoms with van der Waals surface area (Å²) in [5.74, 6) is 0.403. The zero-order valence-corrected chi connectivity index (χ0v) is 13.3. The molecule has 0 radical (unpaired) electrons. The summed E-state index contributed by atoms with van der Waals surface area (Å²) in [6.07, 6.45) is 0.585. The molecule has 1 amide bonds. The molecule has 2 rings (SSSR count). The number of rotatable bonds is 7. The topological polar surface area (TPSA) is 50.4 Å². The van der Waals surface area contributed by atoms with E-state index in [2.05, 4.69) is 10.6 Å². The van der Waals surface area contributed by atoms with Crippen LogP contribution < -0.4 is 15.4 Å². The van der Waals surface area contributed by atoms with E-state index in [1.54, 1.807) is 26.3 Å². The van der Waals surface area contributed by atoms with Crippen LogP contribution in [0.15, 0.2) is 48.5 Å². The Balaban J connectivity index is 2.19. The van der Waals surface area contributed by atoms with Gasteiger partial charge in [-0.05, 0) is 48.9 Å². The Morgan fingerprint density at radius 2 is 1.78 bits per heavy atom. The van der Waals surface area contributed by atoms with Gasteiger partial charge in [-0.3, -0.25) is 4.79 Å². The van der Waals surface area contributed by atoms with Gasteiger partial charge in [0.15, 0.2) is 0 Å². The van der Waals surface area contributed by atoms with Gasteiger partial charge in [0.05, 0.1) is 19.7 Å². The second-order valence-electron chi connectivity index (χ2n) is 5.25. The maximum absolute atomic E-state index is 13.0. The fourth-order valence-electron chi connectivity index (χ4n) is 2.35. The Bertz CT molecular complexity index is 626. The van der Waals surface area contributed by atoms with Crippen LogP contribution in [0.4, 0.5) is 4.39 Å². The molecule has 0 heterocycles. The summed E-state index contributed by atoms with van der Waals surface area (Å²) in [5.41, 5.74) is 1.93. The van der Waals surface area contributed by atoms with Crippen molar-refractivity contribution in [1.82, 2.24) is 10.6 Å². The van der Waals surface area contributed by atoms with Crippen molar-refractivity contribution in [2.45, 2.75) is 12.5 Å². The Morgan fingerprint density at radius 3 is 2.35 bits per heavy atom. The number of benzene rings is 2. The molecule has 0 aromatic heterocycles. The number of hydrogen-bond donors (Lipinski definition) is 2. The summed E-state index contributed by atoms with van der Waals surface area (Å²) >= 11 is 0. The van der Waals surface area contributed by atoms with E-state index in [-0.39, 0.29) is 24.3 Å². The van der Waals surface area contributed by atoms with Gasteiger partial charge in [-0.2, -0.15) is 0 Å². The van der Waals surface area contributed by atoms with Gasteiger partial charge in [-0.25, -0.2) is 4.39 Å². The first-order valence-electron chi connectivity index (χ1n) is 7.44. The summed E-state index contributed by atoms with van der Waals surface area (Å²) in [5, 5.41) is 5.83. The average Bonchev–Trinajstić information content (AvgIpc) is 2.56. The molecule has 0 spiro atoms. The van der Waals surface area contributed by atoms with Crippen LogP contribution in [0.2, 0.25) is 0 Å². The standard InChI is InChI=1S/C18H21FN2O2/c1-20-12-18(22)21-17(11-13-3-7-15(19)8-4-13)14-5-9-16(23-2)10-6-14/h3-10,17,20H,11-12H2,1-2H3,(H,21,22). The predicted molar refractivity (Wildman–Crippen MR) is 87.9 cm³/mol. The molecule has 4 nitrogen and oxygen atoms in total. The van der Waals surface area contributed by atoms with Gasteiger partial charge in [0.1, 0.15) is 11.6 Å². The third-order valence-electron chi connectivity index (χ3n) is 3.54. The molecular formula is C18H21FN2O2. The predicted octanol–water partition coefficient (Wildman–Crippen LogP) is 2.45. The molecule has 2 aromatic carbocycles. The van der Waals surface area contributed by atoms with E-state index >= 15 is 0 Å². The Morgan fingerprint density at radius 1 is 1.13 bits per heavy atom. The van der Waals surface area contributed by atoms with Crippen LogP contribution in [-0.4, -0.2) is 26.6 Å². The molecular weight excluding hydrogens is 295 g/mol. The quantitative estimate of drug-likeness (QED) is 0.825. The van der Waals surface area contributed by atoms with E-state index < -0.39 is 0 Å². The largest absolute Gasteiger partial charge is 0.497 e. The first-order valence-corrected chi connectivity index (χ1v) is 7.44. The van der Waals surface area contributed by atoms with Crippen molar-refractivity contribution in [3.63, 3.8) is 0 Å². The lowest BCUT2D eigenvalue weighted by molar-refractivity contribution is -0.120. The van der Waals surface area contributed by atoms with Crippen molar-refractivity contribution >= 4 is 5.91 Å². The van der Waals surface area contributed by atoms with Gasteiger partial charge in [-0.1, -0.05) is 24.3 Å². The molecule has 0 aliphatic rings. The zero-order chi connectivity index (χ0) is 16.7. The maximum Gasteiger partial charge on any atom is 0.234 e. The van der Waals surface area contributed by atoms with Crippen LogP contribution in [0.25, 0.3) is 0 Å². The van der Waals surface area contributed by atoms with Crippen molar-refractivity contribution in [3.8, 4) is 5.75 Å². The monoisotopic (exact) mass is 316 g/mol. The van der Waals surface area contributed by atoms with Gasteiger partial charge in [0, 0.05) is 0 Å². The number of carbonyl (C=O) groups is 1. The molecule has 0 aliphatic carbocycles. The highest BCUT2D eigenvalue weighted by Crippen LogP contribution is 2.21. The van der Waals surface area contributed by atoms with Gasteiger partial charge >= 0.3 is 0 Å². The lowest BCUT2D eigenvalue weighted by Gasteiger charge is -2.20. The summed E-state index contributed by atoms with van der Waals surface area (Å²) < 4.78 is 18.2. The molecule has 2 aromatic rings. The van der Waals surface area contributed by atoms with Crippen molar-refractivity contribution < 1.29 is 13.9 Å². The molecule has 1 unspecified atom stereocenters. The van der Waals surface area contributed by atoms with E-state index in [0.717, 1.165) is 16.9 Å². The number of hydrogen-bond acceptors (Lipinski definition) is 3. The molecule has 23 heavy (non-hydrogen) atoms. The van der Waals surface area contributed by atoms with E-state index in [1.165, 1.54) is 12.1 Å². The molecule has 0 saturated carbocycles. The second kappa shape index (κ2) is 8.29. The average molecular weight is 316 g/mol. The van der Waals surface area contributed by atoms with E-state index in [1.807, 2.05) is 24.3 Å². The minimum absolute atomic E-state index is 0.0876. The highest BCUT2D eigenvalue weighted by molar-refractivity contribution is 5.78. The first-order chi connectivity index (χ1) is 11.1. The van der Waals surface area contributed by atoms with Crippen LogP contribution >= 0.6 is 0 Å². The number of nitrogens with one attached hydrogen (secondary N) is 2. The minimum Gasteiger partial charge on any atom is -0.497 e. The fraction of sp³-hybridized carbons (Fsp3) is 0.278. The van der Waals surface area contributed by atoms with Gasteiger partial charge in [0.25, 0.3) is 0 Å². The number of ether oxygens (including phenoxy) is 1. The fourth-order valence-corrected chi connectivity index (χ4v) is 2.35. The Hall–Kier alpha value is -2.40. The lowest BCUT2D eigenvalue weighted by Crippen LogP contribution is -2.36. The Labute approximate surface area is 135 Å². The highest BCUT2D eigenvalue weighted by Gasteiger charge is 2.15. The van der Waals surface area contributed by atoms with Crippen LogP contribution in [-0.2, 0) is 11.2 Å². The second-order valence-corrected chi connectivity index (χ2v) is 5.25. The normalized spacial score (nSPS) is 11.8. The number of carbonyl (C=O) groups excluding carboxylic acids is 1. The third-order valence-corrected chi connectivity index (χ3v) is 3.54. The number of methoxy groups -OCH3 is 1. The summed E-state index contributed by atoms with van der Waals surface area (Å²) in [6.45, 7) is 0.246. The van der Waals surface area contributed by atoms with Gasteiger partial charge in [-0.15, -0.1) is 0 Å². The molecule has 0 aliphatic heterocycles. The number of halogens is 1. The molecule has 0 bridgehead atoms. The van der Waals surface area contributed by atoms with Crippen LogP contribution in [0, 0.1) is 5.82 Å². The molecule has 1 atom stereocenters. The SMILES string of the molecule is CNCC(=O)NC(Cc1ccc(F)cc1)c1ccc(OC)cc1. The van der Waals surface area contributed by atoms with Crippen molar-refractivity contribution in [3.05, 3.63) is 65.5 Å². The van der Waals surface area contributed by atoms with Crippen molar-refractivity contribution in [2.75, 3.05) is 20.7 Å². The van der Waals surface area contributed by atoms with E-state index in [4.69, 9.17) is 4.74 Å². The van der Waals surface area contributed by atoms with Crippen LogP contribution in [0.1, 0.15) is 17.2 Å². The van der Waals surface area contributed by atoms with Crippen LogP contribution in [0.5, 0.6) is 5.75 Å². The zero-order valence-electron chi connectivity index (χ0n) is 13.3. The third kappa shape index (κ3) is 5.07. The number of amides is 1. The smallest absolute Gasteiger partial charge is 0.234 e. The number of likely N-dealkylation sites (N-methyl/N-ethyl adjacent to an activating group) is 1. The molecule has 5 heteroatoms. The molecule has 122 valence electrons. The highest BCUT2D eigenvalue weighted by atomic mass is 19.1. The molecule has 2 N–H and O–H groups in total. The summed E-state index contributed by atoms with van der Waals surface area (Å²) in [4.78, 5) is 11.9. The van der Waals surface area contributed by atoms with Crippen LogP contribution in [0.3, 0.4) is 0 Å². The van der Waals surface area contributed by atoms with Crippen molar-refractivity contribution in [2.24, 2.45) is 0 Å². The molecule has 0 saturated heterocycles. The summed E-state index contributed by atoms with van der Waals surface area (Å²) in [6, 6.07) is 13.7. The molecule has 0 fully saturated rings. The maximum atomic E-state index is 13.0. The van der Waals surface area contributed by atoms with Gasteiger partial charge < -0.3 is 15.4 Å². The Kier molecular flexibility index (Phi) is 6.11. The minimum atomic E-state index is -0.269. The summed E-state index contributed by atoms with van der Waals surface area (Å²) in [7, 11) is 3.33. The van der Waals surface area contributed by atoms with E-state index in [0.29, 0.717) is 6.42 Å².